The zero-order valence-electron chi connectivity index (χ0n) is 16.0. The summed E-state index contributed by atoms with van der Waals surface area (Å²) in [6.45, 7) is 4.78. The number of aryl methyl sites for hydroxylation is 2. The third-order valence-corrected chi connectivity index (χ3v) is 7.33. The van der Waals surface area contributed by atoms with Crippen LogP contribution in [-0.4, -0.2) is 48.4 Å². The quantitative estimate of drug-likeness (QED) is 0.668. The minimum atomic E-state index is -3.65. The average Bonchev–Trinajstić information content (AvgIpc) is 2.96. The zero-order chi connectivity index (χ0) is 19.9. The van der Waals surface area contributed by atoms with E-state index < -0.39 is 15.8 Å². The van der Waals surface area contributed by atoms with Crippen LogP contribution in [0.25, 0.3) is 11.1 Å². The van der Waals surface area contributed by atoms with Crippen molar-refractivity contribution in [1.82, 2.24) is 13.8 Å². The Labute approximate surface area is 163 Å². The molecular formula is C20H23N3O4S. The van der Waals surface area contributed by atoms with E-state index in [9.17, 15) is 13.2 Å². The Bertz CT molecular complexity index is 1160. The number of rotatable bonds is 4. The highest BCUT2D eigenvalue weighted by atomic mass is 32.2. The number of fused-ring (bicyclic) bond motifs is 1. The van der Waals surface area contributed by atoms with Crippen LogP contribution in [-0.2, 0) is 23.6 Å². The number of oxazole rings is 1. The average molecular weight is 401 g/mol. The summed E-state index contributed by atoms with van der Waals surface area (Å²) in [6.07, 6.45) is 0. The van der Waals surface area contributed by atoms with E-state index in [0.29, 0.717) is 42.8 Å². The van der Waals surface area contributed by atoms with Crippen molar-refractivity contribution < 1.29 is 12.8 Å². The van der Waals surface area contributed by atoms with Gasteiger partial charge in [-0.3, -0.25) is 9.47 Å². The maximum absolute atomic E-state index is 13.2. The Kier molecular flexibility index (Phi) is 4.86. The number of hydrogen-bond acceptors (Lipinski definition) is 5. The van der Waals surface area contributed by atoms with Gasteiger partial charge in [-0.2, -0.15) is 4.31 Å². The maximum Gasteiger partial charge on any atom is 0.419 e. The van der Waals surface area contributed by atoms with Gasteiger partial charge in [0.15, 0.2) is 5.58 Å². The van der Waals surface area contributed by atoms with Crippen molar-refractivity contribution in [3.63, 3.8) is 0 Å². The number of sulfonamides is 1. The van der Waals surface area contributed by atoms with Gasteiger partial charge < -0.3 is 4.42 Å². The number of hydrogen-bond donors (Lipinski definition) is 0. The molecule has 0 amide bonds. The Morgan fingerprint density at radius 1 is 1.04 bits per heavy atom. The van der Waals surface area contributed by atoms with Crippen LogP contribution >= 0.6 is 0 Å². The first-order chi connectivity index (χ1) is 13.4. The Morgan fingerprint density at radius 2 is 1.71 bits per heavy atom. The topological polar surface area (TPSA) is 75.8 Å². The predicted molar refractivity (Wildman–Crippen MR) is 107 cm³/mol. The molecule has 28 heavy (non-hydrogen) atoms. The molecule has 8 heteroatoms. The van der Waals surface area contributed by atoms with E-state index in [0.717, 1.165) is 6.54 Å². The van der Waals surface area contributed by atoms with Crippen molar-refractivity contribution in [1.29, 1.82) is 0 Å². The number of piperazine rings is 1. The van der Waals surface area contributed by atoms with Gasteiger partial charge in [0.2, 0.25) is 10.0 Å². The molecule has 1 aliphatic rings. The van der Waals surface area contributed by atoms with Crippen LogP contribution in [0.5, 0.6) is 0 Å². The minimum absolute atomic E-state index is 0.200. The Morgan fingerprint density at radius 3 is 2.39 bits per heavy atom. The molecule has 0 unspecified atom stereocenters. The van der Waals surface area contributed by atoms with Crippen molar-refractivity contribution in [2.75, 3.05) is 26.2 Å². The second kappa shape index (κ2) is 7.20. The summed E-state index contributed by atoms with van der Waals surface area (Å²) in [6, 6.07) is 13.3. The molecule has 4 rings (SSSR count). The smallest absolute Gasteiger partial charge is 0.408 e. The van der Waals surface area contributed by atoms with Gasteiger partial charge in [-0.15, -0.1) is 0 Å². The summed E-state index contributed by atoms with van der Waals surface area (Å²) in [4.78, 5) is 14.2. The van der Waals surface area contributed by atoms with Crippen LogP contribution in [0.2, 0.25) is 0 Å². The van der Waals surface area contributed by atoms with Gasteiger partial charge >= 0.3 is 5.76 Å². The van der Waals surface area contributed by atoms with Crippen LogP contribution in [0.1, 0.15) is 11.1 Å². The van der Waals surface area contributed by atoms with Crippen LogP contribution in [0.4, 0.5) is 0 Å². The largest absolute Gasteiger partial charge is 0.419 e. The van der Waals surface area contributed by atoms with E-state index in [4.69, 9.17) is 4.42 Å². The second-order valence-corrected chi connectivity index (χ2v) is 9.08. The minimum Gasteiger partial charge on any atom is -0.408 e. The zero-order valence-corrected chi connectivity index (χ0v) is 16.8. The molecule has 1 aromatic heterocycles. The molecule has 0 spiro atoms. The molecule has 0 N–H and O–H groups in total. The standard InChI is InChI=1S/C20H23N3O4S/c1-15-12-17-18(27-20(24)21(17)2)13-19(15)28(25,26)23-10-8-22(9-11-23)14-16-6-4-3-5-7-16/h3-7,12-13H,8-11,14H2,1-2H3. The third-order valence-electron chi connectivity index (χ3n) is 5.29. The summed E-state index contributed by atoms with van der Waals surface area (Å²) in [7, 11) is -2.04. The molecule has 0 aliphatic carbocycles. The monoisotopic (exact) mass is 401 g/mol. The van der Waals surface area contributed by atoms with Crippen LogP contribution in [0.3, 0.4) is 0 Å². The molecule has 0 bridgehead atoms. The molecule has 148 valence electrons. The van der Waals surface area contributed by atoms with E-state index in [-0.39, 0.29) is 4.90 Å². The number of nitrogens with zero attached hydrogens (tertiary/aromatic N) is 3. The van der Waals surface area contributed by atoms with Gasteiger partial charge in [-0.05, 0) is 24.1 Å². The summed E-state index contributed by atoms with van der Waals surface area (Å²) in [5.41, 5.74) is 2.71. The van der Waals surface area contributed by atoms with Crippen LogP contribution < -0.4 is 5.76 Å². The SMILES string of the molecule is Cc1cc2c(cc1S(=O)(=O)N1CCN(Cc3ccccc3)CC1)oc(=O)n2C. The molecule has 1 saturated heterocycles. The molecular weight excluding hydrogens is 378 g/mol. The first-order valence-corrected chi connectivity index (χ1v) is 10.7. The van der Waals surface area contributed by atoms with Gasteiger partial charge in [0.05, 0.1) is 10.4 Å². The van der Waals surface area contributed by atoms with Crippen LogP contribution in [0.15, 0.2) is 56.6 Å². The molecule has 7 nitrogen and oxygen atoms in total. The fraction of sp³-hybridized carbons (Fsp3) is 0.350. The first-order valence-electron chi connectivity index (χ1n) is 9.23. The molecule has 0 atom stereocenters. The molecule has 1 aliphatic heterocycles. The highest BCUT2D eigenvalue weighted by molar-refractivity contribution is 7.89. The van der Waals surface area contributed by atoms with Crippen molar-refractivity contribution in [3.05, 3.63) is 64.1 Å². The normalized spacial score (nSPS) is 16.6. The lowest BCUT2D eigenvalue weighted by Crippen LogP contribution is -2.48. The van der Waals surface area contributed by atoms with Crippen molar-refractivity contribution in [2.45, 2.75) is 18.4 Å². The molecule has 2 heterocycles. The lowest BCUT2D eigenvalue weighted by atomic mass is 10.2. The van der Waals surface area contributed by atoms with Crippen molar-refractivity contribution in [2.24, 2.45) is 7.05 Å². The number of benzene rings is 2. The molecule has 2 aromatic carbocycles. The van der Waals surface area contributed by atoms with Gasteiger partial charge in [-0.25, -0.2) is 13.2 Å². The summed E-state index contributed by atoms with van der Waals surface area (Å²) in [5.74, 6) is -0.501. The van der Waals surface area contributed by atoms with Crippen LogP contribution in [0, 0.1) is 6.92 Å². The molecule has 0 radical (unpaired) electrons. The van der Waals surface area contributed by atoms with Gasteiger partial charge in [0.1, 0.15) is 0 Å². The predicted octanol–water partition coefficient (Wildman–Crippen LogP) is 1.95. The Balaban J connectivity index is 1.54. The van der Waals surface area contributed by atoms with Crippen molar-refractivity contribution in [3.8, 4) is 0 Å². The van der Waals surface area contributed by atoms with Crippen molar-refractivity contribution >= 4 is 21.1 Å². The molecule has 3 aromatic rings. The lowest BCUT2D eigenvalue weighted by Gasteiger charge is -2.34. The fourth-order valence-electron chi connectivity index (χ4n) is 3.65. The van der Waals surface area contributed by atoms with E-state index in [2.05, 4.69) is 17.0 Å². The third kappa shape index (κ3) is 3.39. The Hall–Kier alpha value is -2.42. The maximum atomic E-state index is 13.2. The summed E-state index contributed by atoms with van der Waals surface area (Å²) in [5, 5.41) is 0. The number of aromatic nitrogens is 1. The van der Waals surface area contributed by atoms with E-state index in [1.807, 2.05) is 18.2 Å². The van der Waals surface area contributed by atoms with Gasteiger partial charge in [0.25, 0.3) is 0 Å². The van der Waals surface area contributed by atoms with E-state index in [1.54, 1.807) is 20.0 Å². The highest BCUT2D eigenvalue weighted by Crippen LogP contribution is 2.26. The second-order valence-electron chi connectivity index (χ2n) is 7.18. The summed E-state index contributed by atoms with van der Waals surface area (Å²) < 4.78 is 34.4. The highest BCUT2D eigenvalue weighted by Gasteiger charge is 2.30. The van der Waals surface area contributed by atoms with E-state index >= 15 is 0 Å². The first kappa shape index (κ1) is 18.9. The molecule has 1 fully saturated rings. The van der Waals surface area contributed by atoms with E-state index in [1.165, 1.54) is 20.5 Å². The lowest BCUT2D eigenvalue weighted by molar-refractivity contribution is 0.181. The molecule has 0 saturated carbocycles. The van der Waals surface area contributed by atoms with Gasteiger partial charge in [0, 0.05) is 45.8 Å². The fourth-order valence-corrected chi connectivity index (χ4v) is 5.29. The summed E-state index contributed by atoms with van der Waals surface area (Å²) >= 11 is 0. The van der Waals surface area contributed by atoms with Gasteiger partial charge in [-0.1, -0.05) is 30.3 Å².